The van der Waals surface area contributed by atoms with Crippen LogP contribution in [0, 0.1) is 5.82 Å². The number of fused-ring (bicyclic) bond motifs is 2. The highest BCUT2D eigenvalue weighted by Crippen LogP contribution is 2.40. The number of carboxylic acids is 1. The number of imidazole rings is 1. The zero-order chi connectivity index (χ0) is 30.5. The number of pyridine rings is 1. The standard InChI is InChI=1S/C30H27ClF4N4O4/c1-16-27-17(10-22(30(33,34)35)28(37-27)43-15-19-2-4-20(32)12-23(19)31)6-8-38(16)14-26-36-24-5-3-18(29(40)41)11-25(24)39(26)13-21-7-9-42-21/h2-5,10-12,16,21H,6-9,13-15H2,1H3,(H,40,41)/t16-,21-/m0/s1. The highest BCUT2D eigenvalue weighted by molar-refractivity contribution is 6.31. The molecule has 0 bridgehead atoms. The maximum absolute atomic E-state index is 14.0. The summed E-state index contributed by atoms with van der Waals surface area (Å²) in [7, 11) is 0. The van der Waals surface area contributed by atoms with E-state index in [0.717, 1.165) is 24.6 Å². The molecular weight excluding hydrogens is 592 g/mol. The number of rotatable bonds is 8. The zero-order valence-electron chi connectivity index (χ0n) is 23.0. The van der Waals surface area contributed by atoms with Crippen LogP contribution in [0.25, 0.3) is 11.0 Å². The van der Waals surface area contributed by atoms with E-state index in [2.05, 4.69) is 9.88 Å². The average Bonchev–Trinajstić information content (AvgIpc) is 3.27. The van der Waals surface area contributed by atoms with Gasteiger partial charge < -0.3 is 19.1 Å². The first-order chi connectivity index (χ1) is 20.5. The second-order valence-electron chi connectivity index (χ2n) is 10.7. The number of aromatic carboxylic acids is 1. The molecule has 0 aliphatic carbocycles. The Balaban J connectivity index is 1.31. The van der Waals surface area contributed by atoms with Crippen molar-refractivity contribution in [1.82, 2.24) is 19.4 Å². The van der Waals surface area contributed by atoms with E-state index in [1.165, 1.54) is 12.1 Å². The van der Waals surface area contributed by atoms with E-state index in [-0.39, 0.29) is 29.3 Å². The van der Waals surface area contributed by atoms with Crippen LogP contribution in [0.5, 0.6) is 5.88 Å². The topological polar surface area (TPSA) is 89.7 Å². The first kappa shape index (κ1) is 29.3. The first-order valence-electron chi connectivity index (χ1n) is 13.7. The fourth-order valence-corrected chi connectivity index (χ4v) is 5.72. The molecular formula is C30H27ClF4N4O4. The molecule has 1 fully saturated rings. The molecule has 1 saturated heterocycles. The van der Waals surface area contributed by atoms with Gasteiger partial charge in [-0.1, -0.05) is 17.7 Å². The van der Waals surface area contributed by atoms with E-state index < -0.39 is 29.4 Å². The molecule has 4 aromatic rings. The Morgan fingerprint density at radius 2 is 1.98 bits per heavy atom. The molecule has 13 heteroatoms. The highest BCUT2D eigenvalue weighted by Gasteiger charge is 2.38. The summed E-state index contributed by atoms with van der Waals surface area (Å²) >= 11 is 6.06. The van der Waals surface area contributed by atoms with Gasteiger partial charge >= 0.3 is 12.1 Å². The molecule has 2 atom stereocenters. The lowest BCUT2D eigenvalue weighted by molar-refractivity contribution is -0.139. The van der Waals surface area contributed by atoms with Gasteiger partial charge in [-0.15, -0.1) is 0 Å². The van der Waals surface area contributed by atoms with Gasteiger partial charge in [-0.2, -0.15) is 13.2 Å². The van der Waals surface area contributed by atoms with Crippen LogP contribution in [0.1, 0.15) is 58.0 Å². The minimum Gasteiger partial charge on any atom is -0.478 e. The maximum Gasteiger partial charge on any atom is 0.421 e. The predicted octanol–water partition coefficient (Wildman–Crippen LogP) is 6.43. The van der Waals surface area contributed by atoms with Crippen molar-refractivity contribution >= 4 is 28.6 Å². The molecule has 1 N–H and O–H groups in total. The molecule has 226 valence electrons. The summed E-state index contributed by atoms with van der Waals surface area (Å²) in [6.07, 6.45) is -3.51. The van der Waals surface area contributed by atoms with Gasteiger partial charge in [0.25, 0.3) is 0 Å². The van der Waals surface area contributed by atoms with E-state index in [9.17, 15) is 27.5 Å². The summed E-state index contributed by atoms with van der Waals surface area (Å²) in [5.41, 5.74) is 1.75. The number of carboxylic acid groups (broad SMARTS) is 1. The van der Waals surface area contributed by atoms with Gasteiger partial charge in [0.05, 0.1) is 52.5 Å². The predicted molar refractivity (Wildman–Crippen MR) is 149 cm³/mol. The number of alkyl halides is 3. The normalized spacial score (nSPS) is 18.8. The van der Waals surface area contributed by atoms with Crippen LogP contribution in [0.15, 0.2) is 42.5 Å². The number of benzene rings is 2. The number of halogens is 5. The van der Waals surface area contributed by atoms with Crippen molar-refractivity contribution in [2.75, 3.05) is 13.2 Å². The van der Waals surface area contributed by atoms with Crippen LogP contribution < -0.4 is 4.74 Å². The van der Waals surface area contributed by atoms with Crippen LogP contribution >= 0.6 is 11.6 Å². The van der Waals surface area contributed by atoms with Crippen molar-refractivity contribution in [2.24, 2.45) is 0 Å². The first-order valence-corrected chi connectivity index (χ1v) is 14.1. The van der Waals surface area contributed by atoms with Crippen molar-refractivity contribution in [3.05, 3.63) is 87.1 Å². The Kier molecular flexibility index (Phi) is 7.78. The maximum atomic E-state index is 14.0. The summed E-state index contributed by atoms with van der Waals surface area (Å²) in [4.78, 5) is 22.9. The highest BCUT2D eigenvalue weighted by atomic mass is 35.5. The Morgan fingerprint density at radius 3 is 2.65 bits per heavy atom. The van der Waals surface area contributed by atoms with Crippen LogP contribution in [0.3, 0.4) is 0 Å². The largest absolute Gasteiger partial charge is 0.478 e. The molecule has 2 aromatic carbocycles. The summed E-state index contributed by atoms with van der Waals surface area (Å²) in [6.45, 7) is 3.53. The number of nitrogens with zero attached hydrogens (tertiary/aromatic N) is 4. The molecule has 4 heterocycles. The number of carbonyl (C=O) groups is 1. The average molecular weight is 619 g/mol. The lowest BCUT2D eigenvalue weighted by atomic mass is 9.97. The van der Waals surface area contributed by atoms with Crippen molar-refractivity contribution in [1.29, 1.82) is 0 Å². The van der Waals surface area contributed by atoms with Crippen LogP contribution in [0.2, 0.25) is 5.02 Å². The third kappa shape index (κ3) is 5.91. The molecule has 0 amide bonds. The van der Waals surface area contributed by atoms with Crippen LogP contribution in [-0.4, -0.2) is 49.8 Å². The van der Waals surface area contributed by atoms with Gasteiger partial charge in [0, 0.05) is 18.7 Å². The zero-order valence-corrected chi connectivity index (χ0v) is 23.8. The molecule has 0 saturated carbocycles. The summed E-state index contributed by atoms with van der Waals surface area (Å²) in [5.74, 6) is -1.49. The Morgan fingerprint density at radius 1 is 1.19 bits per heavy atom. The van der Waals surface area contributed by atoms with Gasteiger partial charge in [0.2, 0.25) is 5.88 Å². The Bertz CT molecular complexity index is 1710. The fraction of sp³-hybridized carbons (Fsp3) is 0.367. The van der Waals surface area contributed by atoms with E-state index in [1.54, 1.807) is 12.1 Å². The van der Waals surface area contributed by atoms with Gasteiger partial charge in [-0.25, -0.2) is 19.2 Å². The molecule has 0 radical (unpaired) electrons. The molecule has 43 heavy (non-hydrogen) atoms. The second kappa shape index (κ2) is 11.4. The van der Waals surface area contributed by atoms with Gasteiger partial charge in [0.15, 0.2) is 0 Å². The number of hydrogen-bond acceptors (Lipinski definition) is 6. The number of hydrogen-bond donors (Lipinski definition) is 1. The van der Waals surface area contributed by atoms with E-state index in [1.807, 2.05) is 11.5 Å². The molecule has 8 nitrogen and oxygen atoms in total. The van der Waals surface area contributed by atoms with Crippen LogP contribution in [-0.2, 0) is 37.0 Å². The lowest BCUT2D eigenvalue weighted by Crippen LogP contribution is -2.36. The third-order valence-corrected chi connectivity index (χ3v) is 8.35. The second-order valence-corrected chi connectivity index (χ2v) is 11.1. The number of aromatic nitrogens is 3. The Labute approximate surface area is 248 Å². The van der Waals surface area contributed by atoms with Crippen molar-refractivity contribution in [3.8, 4) is 5.88 Å². The monoisotopic (exact) mass is 618 g/mol. The van der Waals surface area contributed by atoms with Crippen molar-refractivity contribution in [2.45, 2.75) is 57.8 Å². The number of ether oxygens (including phenoxy) is 2. The lowest BCUT2D eigenvalue weighted by Gasteiger charge is -2.35. The van der Waals surface area contributed by atoms with E-state index in [0.29, 0.717) is 66.3 Å². The van der Waals surface area contributed by atoms with Gasteiger partial charge in [0.1, 0.15) is 23.8 Å². The van der Waals surface area contributed by atoms with Gasteiger partial charge in [-0.3, -0.25) is 4.90 Å². The third-order valence-electron chi connectivity index (χ3n) is 8.00. The van der Waals surface area contributed by atoms with Gasteiger partial charge in [-0.05, 0) is 61.7 Å². The van der Waals surface area contributed by atoms with Crippen molar-refractivity contribution < 1.29 is 36.9 Å². The summed E-state index contributed by atoms with van der Waals surface area (Å²) in [5, 5.41) is 9.56. The molecule has 6 rings (SSSR count). The molecule has 0 spiro atoms. The quantitative estimate of drug-likeness (QED) is 0.228. The molecule has 2 aromatic heterocycles. The van der Waals surface area contributed by atoms with E-state index >= 15 is 0 Å². The minimum atomic E-state index is -4.70. The molecule has 2 aliphatic heterocycles. The smallest absolute Gasteiger partial charge is 0.421 e. The van der Waals surface area contributed by atoms with Crippen LogP contribution in [0.4, 0.5) is 17.6 Å². The molecule has 2 aliphatic rings. The Hall–Kier alpha value is -3.74. The van der Waals surface area contributed by atoms with Crippen molar-refractivity contribution in [3.63, 3.8) is 0 Å². The summed E-state index contributed by atoms with van der Waals surface area (Å²) in [6, 6.07) is 9.06. The SMILES string of the molecule is C[C@H]1c2nc(OCc3ccc(F)cc3Cl)c(C(F)(F)F)cc2CCN1Cc1nc2ccc(C(=O)O)cc2n1C[C@@H]1CCO1. The molecule has 0 unspecified atom stereocenters. The minimum absolute atomic E-state index is 0.0130. The van der Waals surface area contributed by atoms with E-state index in [4.69, 9.17) is 26.1 Å². The summed E-state index contributed by atoms with van der Waals surface area (Å²) < 4.78 is 68.7. The fourth-order valence-electron chi connectivity index (χ4n) is 5.50.